The Labute approximate surface area is 171 Å². The van der Waals surface area contributed by atoms with Gasteiger partial charge in [-0.05, 0) is 31.1 Å². The second kappa shape index (κ2) is 6.48. The van der Waals surface area contributed by atoms with E-state index in [-0.39, 0.29) is 23.6 Å². The summed E-state index contributed by atoms with van der Waals surface area (Å²) < 4.78 is 7.43. The molecule has 1 aliphatic carbocycles. The number of aromatic nitrogens is 9. The Balaban J connectivity index is 1.54. The summed E-state index contributed by atoms with van der Waals surface area (Å²) in [7, 11) is 0. The van der Waals surface area contributed by atoms with E-state index in [2.05, 4.69) is 45.4 Å². The van der Waals surface area contributed by atoms with E-state index in [9.17, 15) is 9.90 Å². The lowest BCUT2D eigenvalue weighted by atomic mass is 10.3. The molecule has 4 aromatic heterocycles. The number of ether oxygens (including phenoxy) is 1. The molecule has 6 rings (SSSR count). The number of para-hydroxylation sites is 1. The second-order valence-corrected chi connectivity index (χ2v) is 7.04. The first kappa shape index (κ1) is 17.3. The summed E-state index contributed by atoms with van der Waals surface area (Å²) in [5.41, 5.74) is 1.62. The number of imidazole rings is 1. The van der Waals surface area contributed by atoms with Crippen molar-refractivity contribution < 1.29 is 9.84 Å². The first-order valence-corrected chi connectivity index (χ1v) is 9.44. The Morgan fingerprint density at radius 2 is 2.13 bits per heavy atom. The minimum absolute atomic E-state index is 0.0596. The van der Waals surface area contributed by atoms with E-state index in [1.807, 2.05) is 0 Å². The molecule has 1 aromatic carbocycles. The minimum atomic E-state index is -0.524. The molecule has 1 aliphatic rings. The van der Waals surface area contributed by atoms with E-state index in [0.29, 0.717) is 33.3 Å². The van der Waals surface area contributed by atoms with Crippen LogP contribution in [-0.2, 0) is 0 Å². The zero-order valence-electron chi connectivity index (χ0n) is 15.8. The Bertz CT molecular complexity index is 1620. The highest BCUT2D eigenvalue weighted by Gasteiger charge is 2.21. The lowest BCUT2D eigenvalue weighted by Gasteiger charge is -2.04. The van der Waals surface area contributed by atoms with Gasteiger partial charge in [0.1, 0.15) is 11.2 Å². The number of benzene rings is 1. The van der Waals surface area contributed by atoms with Gasteiger partial charge in [-0.1, -0.05) is 6.07 Å². The molecule has 1 saturated carbocycles. The van der Waals surface area contributed by atoms with E-state index in [4.69, 9.17) is 4.74 Å². The number of hydrogen-bond donors (Lipinski definition) is 4. The summed E-state index contributed by atoms with van der Waals surface area (Å²) in [5.74, 6) is 0.154. The molecule has 0 amide bonds. The van der Waals surface area contributed by atoms with Crippen LogP contribution in [0, 0.1) is 0 Å². The number of aromatic hydroxyl groups is 1. The van der Waals surface area contributed by atoms with Crippen LogP contribution < -0.4 is 21.3 Å². The van der Waals surface area contributed by atoms with Crippen molar-refractivity contribution in [2.24, 2.45) is 4.99 Å². The Hall–Kier alpha value is -4.55. The first-order chi connectivity index (χ1) is 15.1. The normalized spacial score (nSPS) is 15.4. The van der Waals surface area contributed by atoms with Crippen LogP contribution in [0.25, 0.3) is 22.8 Å². The molecule has 0 radical (unpaired) electrons. The number of rotatable bonds is 4. The fourth-order valence-corrected chi connectivity index (χ4v) is 3.13. The van der Waals surface area contributed by atoms with Gasteiger partial charge in [0.2, 0.25) is 5.88 Å². The number of fused-ring (bicyclic) bond motifs is 2. The predicted octanol–water partition coefficient (Wildman–Crippen LogP) is -0.479. The Morgan fingerprint density at radius 3 is 2.94 bits per heavy atom. The Kier molecular flexibility index (Phi) is 3.62. The number of aromatic amines is 3. The maximum absolute atomic E-state index is 11.4. The molecule has 4 N–H and O–H groups in total. The molecule has 5 aromatic rings. The average Bonchev–Trinajstić information content (AvgIpc) is 3.13. The third kappa shape index (κ3) is 3.08. The van der Waals surface area contributed by atoms with Crippen molar-refractivity contribution in [2.75, 3.05) is 0 Å². The number of hydrogen-bond acceptors (Lipinski definition) is 9. The van der Waals surface area contributed by atoms with Crippen LogP contribution in [0.15, 0.2) is 34.2 Å². The molecule has 1 fully saturated rings. The summed E-state index contributed by atoms with van der Waals surface area (Å²) in [4.78, 5) is 29.7. The molecule has 0 bridgehead atoms. The van der Waals surface area contributed by atoms with Gasteiger partial charge in [-0.15, -0.1) is 0 Å². The average molecular weight is 418 g/mol. The van der Waals surface area contributed by atoms with Crippen LogP contribution in [0.5, 0.6) is 17.6 Å². The zero-order chi connectivity index (χ0) is 20.9. The van der Waals surface area contributed by atoms with Gasteiger partial charge in [0.15, 0.2) is 16.9 Å². The van der Waals surface area contributed by atoms with Crippen molar-refractivity contribution in [2.45, 2.75) is 18.9 Å². The number of nitrogens with zero attached hydrogens (tertiary/aromatic N) is 7. The van der Waals surface area contributed by atoms with Crippen LogP contribution >= 0.6 is 0 Å². The van der Waals surface area contributed by atoms with Gasteiger partial charge in [-0.25, -0.2) is 9.79 Å². The molecule has 13 nitrogen and oxygen atoms in total. The van der Waals surface area contributed by atoms with Crippen LogP contribution in [0.3, 0.4) is 0 Å². The van der Waals surface area contributed by atoms with Gasteiger partial charge in [0.25, 0.3) is 5.62 Å². The quantitative estimate of drug-likeness (QED) is 0.302. The molecular formula is C18H14N10O3. The number of H-pyrrole nitrogens is 3. The number of nitrogens with one attached hydrogen (secondary N) is 3. The zero-order valence-corrected chi connectivity index (χ0v) is 15.8. The highest BCUT2D eigenvalue weighted by atomic mass is 16.5. The lowest BCUT2D eigenvalue weighted by Crippen LogP contribution is -2.23. The lowest BCUT2D eigenvalue weighted by molar-refractivity contribution is 0.439. The molecule has 0 saturated heterocycles. The van der Waals surface area contributed by atoms with Crippen LogP contribution in [0.2, 0.25) is 0 Å². The standard InChI is InChI=1S/C18H14N10O3/c29-15-11(21-17(30)23-15)6-8-7-19-28-14(8)22-18(24-16(28)20-9-4-5-9)31-12-3-1-2-10-13(12)26-27-25-10/h1-3,6-7,9,29H,4-5H2,(H2,21,23,30)(H,25,26,27)/b8-6+,20-16?. The van der Waals surface area contributed by atoms with Crippen molar-refractivity contribution in [3.8, 4) is 17.6 Å². The summed E-state index contributed by atoms with van der Waals surface area (Å²) in [6.07, 6.45) is 5.06. The van der Waals surface area contributed by atoms with Gasteiger partial charge in [-0.3, -0.25) is 4.98 Å². The van der Waals surface area contributed by atoms with E-state index >= 15 is 0 Å². The van der Waals surface area contributed by atoms with Gasteiger partial charge < -0.3 is 14.8 Å². The molecule has 154 valence electrons. The summed E-state index contributed by atoms with van der Waals surface area (Å²) in [6.45, 7) is 0. The summed E-state index contributed by atoms with van der Waals surface area (Å²) in [6, 6.07) is 5.58. The van der Waals surface area contributed by atoms with E-state index in [1.165, 1.54) is 4.52 Å². The molecular weight excluding hydrogens is 404 g/mol. The van der Waals surface area contributed by atoms with Crippen molar-refractivity contribution in [3.05, 3.63) is 51.4 Å². The van der Waals surface area contributed by atoms with Gasteiger partial charge >= 0.3 is 11.7 Å². The molecule has 0 aliphatic heterocycles. The Morgan fingerprint density at radius 1 is 1.23 bits per heavy atom. The summed E-state index contributed by atoms with van der Waals surface area (Å²) in [5, 5.41) is 25.4. The molecule has 4 heterocycles. The first-order valence-electron chi connectivity index (χ1n) is 9.44. The monoisotopic (exact) mass is 418 g/mol. The van der Waals surface area contributed by atoms with Crippen molar-refractivity contribution >= 4 is 22.8 Å². The van der Waals surface area contributed by atoms with E-state index in [1.54, 1.807) is 30.5 Å². The molecule has 13 heteroatoms. The highest BCUT2D eigenvalue weighted by molar-refractivity contribution is 5.80. The van der Waals surface area contributed by atoms with E-state index in [0.717, 1.165) is 12.8 Å². The summed E-state index contributed by atoms with van der Waals surface area (Å²) >= 11 is 0. The van der Waals surface area contributed by atoms with E-state index < -0.39 is 5.69 Å². The van der Waals surface area contributed by atoms with Gasteiger partial charge in [0.05, 0.1) is 12.2 Å². The van der Waals surface area contributed by atoms with Crippen molar-refractivity contribution in [3.63, 3.8) is 0 Å². The smallest absolute Gasteiger partial charge is 0.327 e. The maximum atomic E-state index is 11.4. The van der Waals surface area contributed by atoms with Crippen LogP contribution in [-0.4, -0.2) is 56.1 Å². The SMILES string of the molecule is O=c1[nH]c(O)c(/C=c2\cnn3c(=NC4CC4)nc(Oc4cccc5n[nH]nc45)nc23)[nH]1. The van der Waals surface area contributed by atoms with Gasteiger partial charge in [-0.2, -0.15) is 35.0 Å². The van der Waals surface area contributed by atoms with Crippen LogP contribution in [0.4, 0.5) is 0 Å². The molecule has 0 unspecified atom stereocenters. The predicted molar refractivity (Wildman–Crippen MR) is 105 cm³/mol. The third-order valence-electron chi connectivity index (χ3n) is 4.75. The fourth-order valence-electron chi connectivity index (χ4n) is 3.13. The molecule has 0 atom stereocenters. The fraction of sp³-hybridized carbons (Fsp3) is 0.167. The van der Waals surface area contributed by atoms with Gasteiger partial charge in [0, 0.05) is 5.22 Å². The topological polar surface area (TPSA) is 175 Å². The largest absolute Gasteiger partial charge is 0.493 e. The second-order valence-electron chi connectivity index (χ2n) is 7.04. The molecule has 31 heavy (non-hydrogen) atoms. The van der Waals surface area contributed by atoms with Crippen LogP contribution in [0.1, 0.15) is 18.5 Å². The third-order valence-corrected chi connectivity index (χ3v) is 4.75. The maximum Gasteiger partial charge on any atom is 0.327 e. The highest BCUT2D eigenvalue weighted by Crippen LogP contribution is 2.25. The molecule has 0 spiro atoms. The van der Waals surface area contributed by atoms with Crippen molar-refractivity contribution in [1.29, 1.82) is 0 Å². The van der Waals surface area contributed by atoms with Crippen molar-refractivity contribution in [1.82, 2.24) is 45.0 Å². The minimum Gasteiger partial charge on any atom is -0.493 e.